The van der Waals surface area contributed by atoms with Crippen LogP contribution in [0.3, 0.4) is 0 Å². The first-order chi connectivity index (χ1) is 58.4. The first kappa shape index (κ1) is 99.2. The van der Waals surface area contributed by atoms with Crippen molar-refractivity contribution < 1.29 is 76.3 Å². The largest absolute Gasteiger partial charge is 0.493 e. The van der Waals surface area contributed by atoms with Crippen molar-refractivity contribution in [1.82, 2.24) is 74.3 Å². The molecule has 0 aliphatic carbocycles. The third kappa shape index (κ3) is 28.3. The molecule has 0 saturated carbocycles. The van der Waals surface area contributed by atoms with Gasteiger partial charge in [-0.05, 0) is 69.0 Å². The highest BCUT2D eigenvalue weighted by Crippen LogP contribution is 2.40. The van der Waals surface area contributed by atoms with Crippen LogP contribution < -0.4 is 60.0 Å². The van der Waals surface area contributed by atoms with Gasteiger partial charge < -0.3 is 107 Å². The summed E-state index contributed by atoms with van der Waals surface area (Å²) in [4.78, 5) is 65.2. The summed E-state index contributed by atoms with van der Waals surface area (Å²) in [6.07, 6.45) is 15.4. The van der Waals surface area contributed by atoms with Gasteiger partial charge in [-0.1, -0.05) is 22.3 Å². The molecule has 36 heteroatoms. The Morgan fingerprint density at radius 1 is 0.468 bits per heavy atom. The molecule has 4 aliphatic heterocycles. The molecular formula is C88H126N20O16. The number of aromatic nitrogens is 9. The Kier molecular flexibility index (Phi) is 40.5. The molecule has 14 rings (SSSR count). The minimum Gasteiger partial charge on any atom is -0.493 e. The second kappa shape index (κ2) is 50.6. The van der Waals surface area contributed by atoms with E-state index in [2.05, 4.69) is 94.1 Å². The van der Waals surface area contributed by atoms with Crippen molar-refractivity contribution in [3.05, 3.63) is 127 Å². The Morgan fingerprint density at radius 2 is 0.790 bits per heavy atom. The average molecular weight is 1720 g/mol. The number of hydrogen-bond acceptors (Lipinski definition) is 31. The van der Waals surface area contributed by atoms with Gasteiger partial charge in [-0.2, -0.15) is 5.26 Å². The number of hydrogen-bond donors (Lipinski definition) is 5. The lowest BCUT2D eigenvalue weighted by Crippen LogP contribution is -2.37. The lowest BCUT2D eigenvalue weighted by Gasteiger charge is -2.26. The van der Waals surface area contributed by atoms with Gasteiger partial charge in [0.15, 0.2) is 46.0 Å². The van der Waals surface area contributed by atoms with Crippen LogP contribution in [0.4, 0.5) is 40.2 Å². The number of aromatic carboxylic acids is 1. The predicted octanol–water partition coefficient (Wildman–Crippen LogP) is 12.2. The Balaban J connectivity index is 0.000000226. The van der Waals surface area contributed by atoms with Crippen molar-refractivity contribution in [3.8, 4) is 52.1 Å². The Labute approximate surface area is 727 Å². The molecule has 0 amide bonds. The molecule has 4 saturated heterocycles. The zero-order valence-corrected chi connectivity index (χ0v) is 71.1. The Hall–Kier alpha value is -11.9. The number of rotatable bonds is 34. The van der Waals surface area contributed by atoms with E-state index in [1.54, 1.807) is 96.4 Å². The molecule has 4 fully saturated rings. The number of morpholine rings is 4. The Bertz CT molecular complexity index is 5030. The zero-order chi connectivity index (χ0) is 84.7. The maximum absolute atomic E-state index is 11.9. The quantitative estimate of drug-likeness (QED) is 0.0108. The van der Waals surface area contributed by atoms with Crippen LogP contribution in [-0.4, -0.2) is 299 Å². The van der Waals surface area contributed by atoms with Crippen LogP contribution in [0.25, 0.3) is 32.7 Å². The fourth-order valence-corrected chi connectivity index (χ4v) is 13.6. The number of methoxy groups -OCH3 is 5. The number of nitrogens with zero attached hydrogens (tertiary/aromatic N) is 16. The van der Waals surface area contributed by atoms with E-state index in [-0.39, 0.29) is 34.1 Å². The van der Waals surface area contributed by atoms with E-state index < -0.39 is 11.9 Å². The smallest absolute Gasteiger partial charge is 0.354 e. The van der Waals surface area contributed by atoms with Crippen LogP contribution >= 0.6 is 0 Å². The second-order valence-corrected chi connectivity index (χ2v) is 28.8. The number of carboxylic acid groups (broad SMARTS) is 1. The molecule has 4 aromatic carbocycles. The fraction of sp³-hybridized carbons (Fsp3) is 0.477. The number of aliphatic imine (C=N–C) groups is 1. The predicted molar refractivity (Wildman–Crippen MR) is 482 cm³/mol. The van der Waals surface area contributed by atoms with Gasteiger partial charge in [-0.3, -0.25) is 19.6 Å². The van der Waals surface area contributed by atoms with Gasteiger partial charge in [0.2, 0.25) is 0 Å². The van der Waals surface area contributed by atoms with Gasteiger partial charge in [0, 0.05) is 185 Å². The molecule has 0 atom stereocenters. The minimum atomic E-state index is -0.995. The van der Waals surface area contributed by atoms with Gasteiger partial charge in [-0.25, -0.2) is 44.5 Å². The van der Waals surface area contributed by atoms with E-state index in [1.165, 1.54) is 30.0 Å². The van der Waals surface area contributed by atoms with E-state index in [0.717, 1.165) is 196 Å². The van der Waals surface area contributed by atoms with Crippen LogP contribution in [0.1, 0.15) is 80.2 Å². The summed E-state index contributed by atoms with van der Waals surface area (Å²) >= 11 is 0. The summed E-state index contributed by atoms with van der Waals surface area (Å²) in [5.41, 5.74) is 7.34. The number of anilines is 6. The fourth-order valence-electron chi connectivity index (χ4n) is 13.6. The van der Waals surface area contributed by atoms with Gasteiger partial charge >= 0.3 is 11.9 Å². The molecule has 124 heavy (non-hydrogen) atoms. The molecular weight excluding hydrogens is 1590 g/mol. The number of ether oxygens (including phenoxy) is 13. The van der Waals surface area contributed by atoms with Gasteiger partial charge in [0.25, 0.3) is 0 Å². The number of carbonyl (C=O) groups excluding carboxylic acids is 1. The molecule has 7 N–H and O–H groups in total. The lowest BCUT2D eigenvalue weighted by molar-refractivity contribution is 0.0357. The first-order valence-electron chi connectivity index (χ1n) is 40.0. The molecule has 10 heterocycles. The van der Waals surface area contributed by atoms with E-state index in [9.17, 15) is 20.0 Å². The van der Waals surface area contributed by atoms with Crippen LogP contribution in [0, 0.1) is 18.3 Å². The minimum absolute atomic E-state index is 0. The second-order valence-electron chi connectivity index (χ2n) is 28.8. The van der Waals surface area contributed by atoms with E-state index in [4.69, 9.17) is 61.6 Å². The topological polar surface area (TPSA) is 390 Å². The SMILES string of the molecule is C.C.C.COC(=O)c1cc(Nc2ncnc3cc(OCCCN4CCOCC4)c(OC)cc23)cn1C.COc1cc(C#N)c(N=CN(C)C)cc1OCCCN1CCOCC1.COc1cc2c(Nc3cc(C(=O)O)n(C)c3)ncnc2cc1OCCCN1CCOCC1.COc1cc2c(Nc3cc(C)n(C)c3)ncnc2cc1OCCCN1CCOCC1.N. The van der Waals surface area contributed by atoms with Crippen LogP contribution in [-0.2, 0) is 44.8 Å². The normalized spacial score (nSPS) is 14.1. The Morgan fingerprint density at radius 3 is 1.10 bits per heavy atom. The highest BCUT2D eigenvalue weighted by molar-refractivity contribution is 5.96. The third-order valence-corrected chi connectivity index (χ3v) is 20.2. The number of nitrogens with one attached hydrogen (secondary N) is 3. The maximum Gasteiger partial charge on any atom is 0.354 e. The van der Waals surface area contributed by atoms with Crippen molar-refractivity contribution in [1.29, 1.82) is 5.26 Å². The van der Waals surface area contributed by atoms with E-state index in [1.807, 2.05) is 68.6 Å². The molecule has 6 aromatic heterocycles. The van der Waals surface area contributed by atoms with Crippen molar-refractivity contribution in [2.24, 2.45) is 26.1 Å². The van der Waals surface area contributed by atoms with Crippen LogP contribution in [0.5, 0.6) is 46.0 Å². The van der Waals surface area contributed by atoms with Crippen LogP contribution in [0.2, 0.25) is 0 Å². The van der Waals surface area contributed by atoms with Crippen molar-refractivity contribution in [3.63, 3.8) is 0 Å². The number of aryl methyl sites for hydroxylation is 4. The molecule has 0 bridgehead atoms. The summed E-state index contributed by atoms with van der Waals surface area (Å²) in [6.45, 7) is 22.5. The molecule has 36 nitrogen and oxygen atoms in total. The lowest BCUT2D eigenvalue weighted by atomic mass is 10.1. The molecule has 0 radical (unpaired) electrons. The summed E-state index contributed by atoms with van der Waals surface area (Å²) in [5, 5.41) is 30.8. The van der Waals surface area contributed by atoms with Crippen LogP contribution in [0.15, 0.2) is 109 Å². The van der Waals surface area contributed by atoms with Gasteiger partial charge in [-0.15, -0.1) is 0 Å². The van der Waals surface area contributed by atoms with E-state index >= 15 is 0 Å². The zero-order valence-electron chi connectivity index (χ0n) is 71.1. The summed E-state index contributed by atoms with van der Waals surface area (Å²) < 4.78 is 77.6. The van der Waals surface area contributed by atoms with Crippen molar-refractivity contribution in [2.75, 3.05) is 223 Å². The van der Waals surface area contributed by atoms with Gasteiger partial charge in [0.1, 0.15) is 53.9 Å². The number of carboxylic acids is 1. The van der Waals surface area contributed by atoms with Gasteiger partial charge in [0.05, 0.1) is 166 Å². The number of esters is 1. The molecule has 674 valence electrons. The number of carbonyl (C=O) groups is 2. The number of fused-ring (bicyclic) bond motifs is 3. The maximum atomic E-state index is 11.9. The summed E-state index contributed by atoms with van der Waals surface area (Å²) in [5.74, 6) is 5.47. The summed E-state index contributed by atoms with van der Waals surface area (Å²) in [7, 11) is 17.0. The first-order valence-corrected chi connectivity index (χ1v) is 40.0. The standard InChI is InChI=1S/C23H29N5O5.C22H27N5O5.C22H29N5O3.C18H26N4O3.3CH4.H3N/c1-27-14-16(11-19(27)23(29)31-3)26-22-17-12-20(30-2)21(13-18(17)24-15-25-22)33-8-4-5-28-6-9-32-10-7-28;1-26-13-15(10-18(26)22(28)29)25-21-16-11-19(30-2)20(12-17(16)23-14-24-21)32-7-3-4-27-5-8-31-9-6-27;1-16-11-17(14-26(16)2)25-22-18-12-20(28-3)21(13-19(18)23-15-24-22)30-8-4-5-27-6-9-29-10-7-27;1-21(2)14-20-16-12-18(17(23-3)11-15(16)13-19)25-8-4-5-22-6-9-24-10-7-22;;;;/h11-15H,4-10H2,1-3H3,(H,24,25,26);10-14H,3-9H2,1-2H3,(H,28,29)(H,23,24,25);11-15H,4-10H2,1-3H3,(H,23,24,25);11-12,14H,4-10H2,1-3H3;3*1H4;1H3. The van der Waals surface area contributed by atoms with Crippen molar-refractivity contribution >= 4 is 91.2 Å². The highest BCUT2D eigenvalue weighted by atomic mass is 16.5. The monoisotopic (exact) mass is 1720 g/mol. The average Bonchev–Trinajstić information content (AvgIpc) is 1.16. The molecule has 0 unspecified atom stereocenters. The third-order valence-electron chi connectivity index (χ3n) is 20.2. The number of nitriles is 1. The number of benzene rings is 4. The summed E-state index contributed by atoms with van der Waals surface area (Å²) in [6, 6.07) is 22.2. The highest BCUT2D eigenvalue weighted by Gasteiger charge is 2.22. The molecule has 0 spiro atoms. The molecule has 10 aromatic rings. The van der Waals surface area contributed by atoms with E-state index in [0.29, 0.717) is 118 Å². The molecule has 4 aliphatic rings. The van der Waals surface area contributed by atoms with Crippen molar-refractivity contribution in [2.45, 2.75) is 54.9 Å².